The number of carbonyl (C=O) groups is 2. The van der Waals surface area contributed by atoms with E-state index in [0.29, 0.717) is 23.0 Å². The van der Waals surface area contributed by atoms with Crippen LogP contribution in [-0.4, -0.2) is 62.7 Å². The van der Waals surface area contributed by atoms with E-state index in [1.807, 2.05) is 41.1 Å². The summed E-state index contributed by atoms with van der Waals surface area (Å²) in [6.07, 6.45) is 10.2. The van der Waals surface area contributed by atoms with Gasteiger partial charge in [-0.15, -0.1) is 0 Å². The number of nitrogens with one attached hydrogen (secondary N) is 1. The molecule has 2 aliphatic heterocycles. The van der Waals surface area contributed by atoms with Gasteiger partial charge in [-0.3, -0.25) is 14.6 Å². The summed E-state index contributed by atoms with van der Waals surface area (Å²) in [5, 5.41) is 0.955. The molecule has 1 atom stereocenters. The zero-order valence-electron chi connectivity index (χ0n) is 17.8. The lowest BCUT2D eigenvalue weighted by molar-refractivity contribution is 0.0294. The monoisotopic (exact) mass is 417 g/mol. The van der Waals surface area contributed by atoms with Crippen molar-refractivity contribution >= 4 is 22.8 Å². The second kappa shape index (κ2) is 8.13. The van der Waals surface area contributed by atoms with E-state index in [0.717, 1.165) is 62.0 Å². The zero-order valence-corrected chi connectivity index (χ0v) is 17.8. The molecule has 5 rings (SSSR count). The number of likely N-dealkylation sites (tertiary alicyclic amines) is 2. The van der Waals surface area contributed by atoms with Crippen LogP contribution in [0.25, 0.3) is 11.0 Å². The van der Waals surface area contributed by atoms with Crippen molar-refractivity contribution in [2.24, 2.45) is 11.8 Å². The second-order valence-corrected chi connectivity index (χ2v) is 8.87. The summed E-state index contributed by atoms with van der Waals surface area (Å²) in [7, 11) is 0. The third-order valence-electron chi connectivity index (χ3n) is 6.63. The van der Waals surface area contributed by atoms with E-state index in [2.05, 4.69) is 15.0 Å². The number of aryl methyl sites for hydroxylation is 1. The number of hydrogen-bond donors (Lipinski definition) is 1. The first kappa shape index (κ1) is 19.7. The number of aromatic nitrogens is 3. The third kappa shape index (κ3) is 3.92. The Morgan fingerprint density at radius 3 is 2.58 bits per heavy atom. The van der Waals surface area contributed by atoms with E-state index in [9.17, 15) is 9.59 Å². The number of rotatable bonds is 3. The third-order valence-corrected chi connectivity index (χ3v) is 6.63. The summed E-state index contributed by atoms with van der Waals surface area (Å²) in [6, 6.07) is 5.75. The number of aromatic amines is 1. The van der Waals surface area contributed by atoms with Gasteiger partial charge in [-0.25, -0.2) is 4.98 Å². The smallest absolute Gasteiger partial charge is 0.255 e. The highest BCUT2D eigenvalue weighted by atomic mass is 16.2. The predicted octanol–water partition coefficient (Wildman–Crippen LogP) is 3.28. The Kier molecular flexibility index (Phi) is 5.18. The SMILES string of the molecule is Cc1cncc(C(=O)N2CC(C3CCCCN(C(=O)c4cnc5[nH]ccc5c4)C3)C2)c1. The molecule has 0 bridgehead atoms. The summed E-state index contributed by atoms with van der Waals surface area (Å²) in [5.41, 5.74) is 3.09. The van der Waals surface area contributed by atoms with Gasteiger partial charge in [0.2, 0.25) is 0 Å². The Morgan fingerprint density at radius 1 is 0.968 bits per heavy atom. The lowest BCUT2D eigenvalue weighted by Crippen LogP contribution is -2.54. The highest BCUT2D eigenvalue weighted by Gasteiger charge is 2.38. The van der Waals surface area contributed by atoms with Gasteiger partial charge in [0.15, 0.2) is 0 Å². The van der Waals surface area contributed by atoms with Crippen LogP contribution in [0.15, 0.2) is 43.0 Å². The molecule has 0 spiro atoms. The lowest BCUT2D eigenvalue weighted by Gasteiger charge is -2.44. The molecule has 7 heteroatoms. The van der Waals surface area contributed by atoms with Crippen LogP contribution < -0.4 is 0 Å². The van der Waals surface area contributed by atoms with Gasteiger partial charge >= 0.3 is 0 Å². The van der Waals surface area contributed by atoms with Crippen molar-refractivity contribution in [1.82, 2.24) is 24.8 Å². The van der Waals surface area contributed by atoms with Crippen LogP contribution in [0.1, 0.15) is 45.5 Å². The molecule has 1 unspecified atom stereocenters. The molecule has 2 aliphatic rings. The predicted molar refractivity (Wildman–Crippen MR) is 118 cm³/mol. The average molecular weight is 418 g/mol. The first-order valence-electron chi connectivity index (χ1n) is 11.0. The van der Waals surface area contributed by atoms with Crippen molar-refractivity contribution in [2.45, 2.75) is 26.2 Å². The van der Waals surface area contributed by atoms with Crippen molar-refractivity contribution < 1.29 is 9.59 Å². The largest absolute Gasteiger partial charge is 0.346 e. The quantitative estimate of drug-likeness (QED) is 0.709. The van der Waals surface area contributed by atoms with E-state index in [1.54, 1.807) is 18.6 Å². The van der Waals surface area contributed by atoms with Gasteiger partial charge in [0, 0.05) is 56.4 Å². The molecule has 0 aliphatic carbocycles. The Morgan fingerprint density at radius 2 is 1.74 bits per heavy atom. The highest BCUT2D eigenvalue weighted by Crippen LogP contribution is 2.32. The Balaban J connectivity index is 1.23. The molecule has 3 aromatic rings. The molecule has 2 fully saturated rings. The average Bonchev–Trinajstić information content (AvgIpc) is 3.08. The van der Waals surface area contributed by atoms with Gasteiger partial charge in [-0.1, -0.05) is 6.42 Å². The molecule has 0 saturated carbocycles. The maximum Gasteiger partial charge on any atom is 0.255 e. The van der Waals surface area contributed by atoms with Gasteiger partial charge in [-0.2, -0.15) is 0 Å². The minimum atomic E-state index is 0.0554. The summed E-state index contributed by atoms with van der Waals surface area (Å²) < 4.78 is 0. The first-order valence-corrected chi connectivity index (χ1v) is 11.0. The van der Waals surface area contributed by atoms with Crippen LogP contribution in [0, 0.1) is 18.8 Å². The minimum Gasteiger partial charge on any atom is -0.346 e. The van der Waals surface area contributed by atoms with E-state index in [1.165, 1.54) is 0 Å². The highest BCUT2D eigenvalue weighted by molar-refractivity contribution is 5.97. The van der Waals surface area contributed by atoms with Crippen LogP contribution in [0.3, 0.4) is 0 Å². The van der Waals surface area contributed by atoms with Gasteiger partial charge in [0.25, 0.3) is 11.8 Å². The van der Waals surface area contributed by atoms with Gasteiger partial charge in [0.05, 0.1) is 11.1 Å². The second-order valence-electron chi connectivity index (χ2n) is 8.87. The van der Waals surface area contributed by atoms with Crippen LogP contribution in [0.4, 0.5) is 0 Å². The molecule has 31 heavy (non-hydrogen) atoms. The summed E-state index contributed by atoms with van der Waals surface area (Å²) in [5.74, 6) is 0.982. The lowest BCUT2D eigenvalue weighted by atomic mass is 9.82. The molecule has 2 saturated heterocycles. The fraction of sp³-hybridized carbons (Fsp3) is 0.417. The summed E-state index contributed by atoms with van der Waals surface area (Å²) >= 11 is 0. The van der Waals surface area contributed by atoms with Crippen molar-refractivity contribution in [3.05, 3.63) is 59.7 Å². The van der Waals surface area contributed by atoms with Crippen molar-refractivity contribution in [3.8, 4) is 0 Å². The number of pyridine rings is 2. The number of hydrogen-bond acceptors (Lipinski definition) is 4. The van der Waals surface area contributed by atoms with Crippen molar-refractivity contribution in [2.75, 3.05) is 26.2 Å². The molecule has 3 aromatic heterocycles. The molecule has 7 nitrogen and oxygen atoms in total. The molecule has 2 amide bonds. The van der Waals surface area contributed by atoms with Gasteiger partial charge < -0.3 is 14.8 Å². The van der Waals surface area contributed by atoms with Gasteiger partial charge in [-0.05, 0) is 55.4 Å². The maximum atomic E-state index is 13.2. The molecular weight excluding hydrogens is 390 g/mol. The van der Waals surface area contributed by atoms with E-state index < -0.39 is 0 Å². The van der Waals surface area contributed by atoms with Crippen LogP contribution in [-0.2, 0) is 0 Å². The molecule has 0 radical (unpaired) electrons. The molecular formula is C24H27N5O2. The van der Waals surface area contributed by atoms with Gasteiger partial charge in [0.1, 0.15) is 5.65 Å². The number of H-pyrrole nitrogens is 1. The zero-order chi connectivity index (χ0) is 21.4. The topological polar surface area (TPSA) is 82.2 Å². The fourth-order valence-electron chi connectivity index (χ4n) is 4.81. The van der Waals surface area contributed by atoms with Crippen LogP contribution in [0.2, 0.25) is 0 Å². The number of fused-ring (bicyclic) bond motifs is 1. The number of carbonyl (C=O) groups excluding carboxylic acids is 2. The number of amides is 2. The normalized spacial score (nSPS) is 19.8. The molecule has 1 N–H and O–H groups in total. The number of nitrogens with zero attached hydrogens (tertiary/aromatic N) is 4. The van der Waals surface area contributed by atoms with Crippen LogP contribution in [0.5, 0.6) is 0 Å². The first-order chi connectivity index (χ1) is 15.1. The molecule has 5 heterocycles. The maximum absolute atomic E-state index is 13.2. The summed E-state index contributed by atoms with van der Waals surface area (Å²) in [6.45, 7) is 5.00. The van der Waals surface area contributed by atoms with Crippen molar-refractivity contribution in [3.63, 3.8) is 0 Å². The Labute approximate surface area is 181 Å². The van der Waals surface area contributed by atoms with E-state index in [4.69, 9.17) is 0 Å². The van der Waals surface area contributed by atoms with Crippen molar-refractivity contribution in [1.29, 1.82) is 0 Å². The van der Waals surface area contributed by atoms with E-state index in [-0.39, 0.29) is 11.8 Å². The Hall–Kier alpha value is -3.22. The summed E-state index contributed by atoms with van der Waals surface area (Å²) in [4.78, 5) is 41.4. The molecule has 0 aromatic carbocycles. The van der Waals surface area contributed by atoms with Crippen LogP contribution >= 0.6 is 0 Å². The van der Waals surface area contributed by atoms with E-state index >= 15 is 0 Å². The standard InChI is InChI=1S/C24H27N5O2/c1-16-8-19(11-25-10-16)24(31)29-14-21(15-29)18-4-2-3-7-28(13-18)23(30)20-9-17-5-6-26-22(17)27-12-20/h5-6,8-12,18,21H,2-4,7,13-15H2,1H3,(H,26,27). The molecule has 160 valence electrons. The Bertz CT molecular complexity index is 1120. The fourth-order valence-corrected chi connectivity index (χ4v) is 4.81. The minimum absolute atomic E-state index is 0.0554.